The Kier molecular flexibility index (Phi) is 15.2. The van der Waals surface area contributed by atoms with Crippen LogP contribution in [0.5, 0.6) is 0 Å². The van der Waals surface area contributed by atoms with Crippen molar-refractivity contribution >= 4 is 35.6 Å². The van der Waals surface area contributed by atoms with Gasteiger partial charge in [0.25, 0.3) is 5.91 Å². The van der Waals surface area contributed by atoms with Crippen LogP contribution >= 0.6 is 0 Å². The molecule has 386 valence electrons. The fourth-order valence-electron chi connectivity index (χ4n) is 11.2. The number of aliphatic hydroxyl groups is 6. The molecular formula is C52H59NO19. The lowest BCUT2D eigenvalue weighted by atomic mass is 9.47. The predicted molar refractivity (Wildman–Crippen MR) is 246 cm³/mol. The van der Waals surface area contributed by atoms with E-state index in [4.69, 9.17) is 33.2 Å². The maximum Gasteiger partial charge on any atom is 0.338 e. The van der Waals surface area contributed by atoms with Crippen LogP contribution in [-0.4, -0.2) is 158 Å². The lowest BCUT2D eigenvalue weighted by Gasteiger charge is -2.65. The highest BCUT2D eigenvalue weighted by atomic mass is 16.7. The van der Waals surface area contributed by atoms with Crippen LogP contribution in [0.1, 0.15) is 79.3 Å². The molecule has 0 spiro atoms. The molecule has 16 atom stereocenters. The molecule has 3 aliphatic carbocycles. The molecule has 2 bridgehead atoms. The SMILES string of the molecule is CC(=O)O[C@@]12CO[C@@H]1C[C@H](OC(=O)COC1OC(CO)C(O)C(O)C1O)[C@@]1(C)C(=O)[C@H](C)C3=C(C)C(OC(=O)[C@H](O)[C@@H](NC(=O)c4ccccc4)c4ccccc4)C[C@](O)(C3)[C@@H](OC(=O)c3ccccc3)C12. The Morgan fingerprint density at radius 1 is 0.861 bits per heavy atom. The van der Waals surface area contributed by atoms with Crippen molar-refractivity contribution in [2.75, 3.05) is 19.8 Å². The fourth-order valence-corrected chi connectivity index (χ4v) is 11.2. The summed E-state index contributed by atoms with van der Waals surface area (Å²) in [5.41, 5.74) is -4.85. The van der Waals surface area contributed by atoms with Gasteiger partial charge >= 0.3 is 23.9 Å². The van der Waals surface area contributed by atoms with E-state index in [0.29, 0.717) is 11.1 Å². The van der Waals surface area contributed by atoms with E-state index in [1.807, 2.05) is 0 Å². The lowest BCUT2D eigenvalue weighted by Crippen LogP contribution is -2.80. The Morgan fingerprint density at radius 2 is 1.49 bits per heavy atom. The minimum atomic E-state index is -2.28. The Hall–Kier alpha value is -5.94. The molecule has 1 amide bonds. The molecule has 7 N–H and O–H groups in total. The van der Waals surface area contributed by atoms with Gasteiger partial charge in [0.05, 0.1) is 36.2 Å². The highest BCUT2D eigenvalue weighted by Gasteiger charge is 2.76. The van der Waals surface area contributed by atoms with Gasteiger partial charge in [0.1, 0.15) is 66.8 Å². The van der Waals surface area contributed by atoms with Gasteiger partial charge in [-0.15, -0.1) is 0 Å². The third-order valence-corrected chi connectivity index (χ3v) is 15.0. The van der Waals surface area contributed by atoms with Crippen molar-refractivity contribution in [3.63, 3.8) is 0 Å². The highest BCUT2D eigenvalue weighted by Crippen LogP contribution is 2.62. The number of carbonyl (C=O) groups excluding carboxylic acids is 6. The zero-order valence-corrected chi connectivity index (χ0v) is 39.9. The Bertz CT molecular complexity index is 2540. The van der Waals surface area contributed by atoms with Crippen LogP contribution in [0.3, 0.4) is 0 Å². The molecule has 2 aliphatic heterocycles. The maximum absolute atomic E-state index is 15.7. The van der Waals surface area contributed by atoms with Crippen molar-refractivity contribution in [2.45, 2.75) is 125 Å². The molecule has 8 rings (SSSR count). The normalized spacial score (nSPS) is 34.8. The monoisotopic (exact) mass is 1000 g/mol. The molecule has 2 saturated carbocycles. The average molecular weight is 1000 g/mol. The first kappa shape index (κ1) is 52.4. The zero-order chi connectivity index (χ0) is 51.9. The summed E-state index contributed by atoms with van der Waals surface area (Å²) in [6, 6.07) is 22.8. The van der Waals surface area contributed by atoms with Gasteiger partial charge in [0, 0.05) is 37.7 Å². The third-order valence-electron chi connectivity index (χ3n) is 15.0. The summed E-state index contributed by atoms with van der Waals surface area (Å²) in [7, 11) is 0. The number of aliphatic hydroxyl groups excluding tert-OH is 5. The molecular weight excluding hydrogens is 943 g/mol. The largest absolute Gasteiger partial charge is 0.459 e. The van der Waals surface area contributed by atoms with Crippen molar-refractivity contribution < 1.29 is 92.6 Å². The van der Waals surface area contributed by atoms with Crippen molar-refractivity contribution in [3.05, 3.63) is 119 Å². The fraction of sp³-hybridized carbons (Fsp3) is 0.500. The molecule has 20 nitrogen and oxygen atoms in total. The first-order chi connectivity index (χ1) is 34.2. The Labute approximate surface area is 413 Å². The minimum absolute atomic E-state index is 0.0370. The number of hydrogen-bond acceptors (Lipinski definition) is 19. The van der Waals surface area contributed by atoms with Crippen molar-refractivity contribution in [1.29, 1.82) is 0 Å². The summed E-state index contributed by atoms with van der Waals surface area (Å²) in [6.07, 6.45) is -17.4. The first-order valence-electron chi connectivity index (χ1n) is 23.7. The summed E-state index contributed by atoms with van der Waals surface area (Å²) in [6.45, 7) is 3.66. The standard InChI is InChI=1S/C52H59NO19/c1-26-32-21-51(65,22-33(26)68-48(64)40(58)38(29-14-8-5-9-15-29)53-46(62)30-16-10-6-11-17-30)45(71-47(63)31-18-12-7-13-19-31)43-50(4,44(61)27(32)2)35(20-36-52(43,25-67-36)72-28(3)55)70-37(56)24-66-49-42(60)41(59)39(57)34(23-54)69-49/h5-19,27,33-36,38-43,45,49,54,57-60,65H,20-25H2,1-4H3,(H,53,62)/t27-,33?,34?,35+,36-,38+,39?,40-,41?,42?,43?,45+,49?,50-,51-,52+/m1/s1. The molecule has 20 heteroatoms. The van der Waals surface area contributed by atoms with Gasteiger partial charge in [-0.3, -0.25) is 14.4 Å². The number of ether oxygens (including phenoxy) is 7. The number of esters is 4. The van der Waals surface area contributed by atoms with Crippen LogP contribution in [-0.2, 0) is 52.3 Å². The summed E-state index contributed by atoms with van der Waals surface area (Å²) in [4.78, 5) is 85.0. The second-order valence-electron chi connectivity index (χ2n) is 19.4. The number of amides is 1. The van der Waals surface area contributed by atoms with E-state index >= 15 is 4.79 Å². The molecule has 7 unspecified atom stereocenters. The molecule has 2 heterocycles. The Morgan fingerprint density at radius 3 is 2.08 bits per heavy atom. The van der Waals surface area contributed by atoms with E-state index in [1.54, 1.807) is 92.7 Å². The summed E-state index contributed by atoms with van der Waals surface area (Å²) in [5.74, 6) is -8.04. The summed E-state index contributed by atoms with van der Waals surface area (Å²) < 4.78 is 41.6. The number of Topliss-reactive ketones (excluding diaryl/α,β-unsaturated/α-hetero) is 1. The molecule has 2 saturated heterocycles. The summed E-state index contributed by atoms with van der Waals surface area (Å²) >= 11 is 0. The van der Waals surface area contributed by atoms with E-state index in [-0.39, 0.29) is 36.1 Å². The first-order valence-corrected chi connectivity index (χ1v) is 23.7. The van der Waals surface area contributed by atoms with Gasteiger partial charge < -0.3 is 69.1 Å². The van der Waals surface area contributed by atoms with Crippen LogP contribution in [0, 0.1) is 17.3 Å². The maximum atomic E-state index is 15.7. The second-order valence-corrected chi connectivity index (χ2v) is 19.4. The van der Waals surface area contributed by atoms with Crippen LogP contribution in [0.15, 0.2) is 102 Å². The molecule has 72 heavy (non-hydrogen) atoms. The van der Waals surface area contributed by atoms with E-state index in [9.17, 15) is 54.6 Å². The van der Waals surface area contributed by atoms with Crippen LogP contribution in [0.2, 0.25) is 0 Å². The highest BCUT2D eigenvalue weighted by molar-refractivity contribution is 5.95. The molecule has 0 radical (unpaired) electrons. The van der Waals surface area contributed by atoms with Gasteiger partial charge in [-0.05, 0) is 49.2 Å². The molecule has 3 aromatic carbocycles. The number of carbonyl (C=O) groups is 6. The molecule has 0 aromatic heterocycles. The van der Waals surface area contributed by atoms with Crippen molar-refractivity contribution in [2.24, 2.45) is 17.3 Å². The Balaban J connectivity index is 1.18. The van der Waals surface area contributed by atoms with E-state index < -0.39 is 151 Å². The second kappa shape index (κ2) is 20.9. The molecule has 3 aromatic rings. The zero-order valence-electron chi connectivity index (χ0n) is 39.9. The van der Waals surface area contributed by atoms with Gasteiger partial charge in [-0.2, -0.15) is 0 Å². The number of hydrogen-bond donors (Lipinski definition) is 7. The molecule has 5 aliphatic rings. The third kappa shape index (κ3) is 9.70. The van der Waals surface area contributed by atoms with E-state index in [2.05, 4.69) is 5.32 Å². The quantitative estimate of drug-likeness (QED) is 0.0678. The predicted octanol–water partition coefficient (Wildman–Crippen LogP) is 1.17. The summed E-state index contributed by atoms with van der Waals surface area (Å²) in [5, 5.41) is 68.7. The smallest absolute Gasteiger partial charge is 0.338 e. The number of fused-ring (bicyclic) bond motifs is 5. The van der Waals surface area contributed by atoms with Crippen LogP contribution in [0.25, 0.3) is 0 Å². The van der Waals surface area contributed by atoms with E-state index in [0.717, 1.165) is 6.92 Å². The number of nitrogens with one attached hydrogen (secondary N) is 1. The van der Waals surface area contributed by atoms with Crippen LogP contribution in [0.4, 0.5) is 0 Å². The minimum Gasteiger partial charge on any atom is -0.459 e. The topological polar surface area (TPSA) is 300 Å². The van der Waals surface area contributed by atoms with E-state index in [1.165, 1.54) is 19.1 Å². The number of ketones is 1. The van der Waals surface area contributed by atoms with Crippen molar-refractivity contribution in [3.8, 4) is 0 Å². The van der Waals surface area contributed by atoms with Gasteiger partial charge in [-0.25, -0.2) is 14.4 Å². The molecule has 4 fully saturated rings. The van der Waals surface area contributed by atoms with Crippen molar-refractivity contribution in [1.82, 2.24) is 5.32 Å². The number of benzene rings is 3. The number of rotatable bonds is 14. The van der Waals surface area contributed by atoms with Crippen LogP contribution < -0.4 is 5.32 Å². The van der Waals surface area contributed by atoms with Gasteiger partial charge in [0.2, 0.25) is 0 Å². The lowest BCUT2D eigenvalue weighted by molar-refractivity contribution is -0.341. The van der Waals surface area contributed by atoms with Gasteiger partial charge in [0.15, 0.2) is 18.0 Å². The average Bonchev–Trinajstić information content (AvgIpc) is 3.37. The van der Waals surface area contributed by atoms with Gasteiger partial charge in [-0.1, -0.05) is 79.2 Å².